The Balaban J connectivity index is 1.22. The summed E-state index contributed by atoms with van der Waals surface area (Å²) in [5.41, 5.74) is 3.87. The number of fused-ring (bicyclic) bond motifs is 3. The second kappa shape index (κ2) is 13.2. The molecule has 1 saturated heterocycles. The molecule has 1 heterocycles. The number of anilines is 1. The molecule has 51 heavy (non-hydrogen) atoms. The summed E-state index contributed by atoms with van der Waals surface area (Å²) < 4.78 is 18.0. The van der Waals surface area contributed by atoms with Crippen molar-refractivity contribution in [3.63, 3.8) is 0 Å². The molecule has 7 rings (SSSR count). The molecule has 264 valence electrons. The van der Waals surface area contributed by atoms with E-state index in [-0.39, 0.29) is 53.5 Å². The normalized spacial score (nSPS) is 26.8. The van der Waals surface area contributed by atoms with Crippen LogP contribution in [-0.4, -0.2) is 74.3 Å². The number of phenolic OH excluding ortho intramolecular Hbond substituents is 2. The first-order chi connectivity index (χ1) is 24.4. The average Bonchev–Trinajstić information content (AvgIpc) is 3.11. The Morgan fingerprint density at radius 3 is 2.12 bits per heavy atom. The van der Waals surface area contributed by atoms with Crippen LogP contribution < -0.4 is 11.1 Å². The first kappa shape index (κ1) is 34.3. The number of phenols is 2. The highest BCUT2D eigenvalue weighted by atomic mass is 16.7. The number of rotatable bonds is 7. The Morgan fingerprint density at radius 2 is 1.49 bits per heavy atom. The summed E-state index contributed by atoms with van der Waals surface area (Å²) in [6.45, 7) is 1.11. The van der Waals surface area contributed by atoms with Gasteiger partial charge in [-0.1, -0.05) is 72.8 Å². The van der Waals surface area contributed by atoms with E-state index in [1.54, 1.807) is 49.4 Å². The molecule has 12 heteroatoms. The third-order valence-electron chi connectivity index (χ3n) is 10.1. The summed E-state index contributed by atoms with van der Waals surface area (Å²) in [7, 11) is 0. The summed E-state index contributed by atoms with van der Waals surface area (Å²) in [6, 6.07) is 23.2. The lowest BCUT2D eigenvalue weighted by Crippen LogP contribution is -2.63. The van der Waals surface area contributed by atoms with Gasteiger partial charge in [0, 0.05) is 59.7 Å². The molecule has 3 aliphatic rings. The van der Waals surface area contributed by atoms with Gasteiger partial charge >= 0.3 is 6.09 Å². The third-order valence-corrected chi connectivity index (χ3v) is 10.1. The van der Waals surface area contributed by atoms with E-state index in [1.807, 2.05) is 30.3 Å². The predicted molar refractivity (Wildman–Crippen MR) is 184 cm³/mol. The number of hydrogen-bond donors (Lipinski definition) is 6. The van der Waals surface area contributed by atoms with E-state index in [0.29, 0.717) is 5.69 Å². The van der Waals surface area contributed by atoms with Gasteiger partial charge in [-0.15, -0.1) is 0 Å². The number of hydrogen-bond acceptors (Lipinski definition) is 11. The van der Waals surface area contributed by atoms with Gasteiger partial charge in [0.2, 0.25) is 0 Å². The first-order valence-electron chi connectivity index (χ1n) is 16.7. The molecule has 0 aromatic heterocycles. The molecule has 6 atom stereocenters. The molecule has 4 aromatic rings. The zero-order valence-electron chi connectivity index (χ0n) is 27.7. The summed E-state index contributed by atoms with van der Waals surface area (Å²) >= 11 is 0. The van der Waals surface area contributed by atoms with Gasteiger partial charge in [0.15, 0.2) is 17.9 Å². The molecule has 0 spiro atoms. The number of benzene rings is 4. The number of ether oxygens (including phenoxy) is 3. The van der Waals surface area contributed by atoms with Crippen LogP contribution in [0, 0.1) is 0 Å². The van der Waals surface area contributed by atoms with Gasteiger partial charge in [-0.2, -0.15) is 0 Å². The van der Waals surface area contributed by atoms with Crippen LogP contribution in [0.15, 0.2) is 84.9 Å². The van der Waals surface area contributed by atoms with Crippen LogP contribution in [0.1, 0.15) is 74.4 Å². The molecule has 0 radical (unpaired) electrons. The topological polar surface area (TPSA) is 198 Å². The monoisotopic (exact) mass is 694 g/mol. The van der Waals surface area contributed by atoms with Crippen LogP contribution in [0.3, 0.4) is 0 Å². The van der Waals surface area contributed by atoms with Crippen molar-refractivity contribution in [1.29, 1.82) is 0 Å². The molecule has 1 fully saturated rings. The number of carbonyl (C=O) groups excluding carboxylic acids is 3. The van der Waals surface area contributed by atoms with E-state index >= 15 is 0 Å². The fraction of sp³-hybridized carbons (Fsp3) is 0.308. The quantitative estimate of drug-likeness (QED) is 0.133. The maximum Gasteiger partial charge on any atom is 0.411 e. The number of aromatic hydroxyl groups is 2. The van der Waals surface area contributed by atoms with Crippen LogP contribution in [0.5, 0.6) is 11.5 Å². The van der Waals surface area contributed by atoms with E-state index in [0.717, 1.165) is 5.56 Å². The van der Waals surface area contributed by atoms with Gasteiger partial charge in [-0.3, -0.25) is 14.9 Å². The third kappa shape index (κ3) is 6.26. The van der Waals surface area contributed by atoms with E-state index < -0.39 is 77.1 Å². The molecule has 7 N–H and O–H groups in total. The Bertz CT molecular complexity index is 1990. The summed E-state index contributed by atoms with van der Waals surface area (Å²) in [6.07, 6.45) is -4.40. The number of amides is 1. The molecule has 4 aromatic carbocycles. The zero-order chi connectivity index (χ0) is 36.1. The van der Waals surface area contributed by atoms with Gasteiger partial charge < -0.3 is 40.4 Å². The smallest absolute Gasteiger partial charge is 0.411 e. The molecule has 1 unspecified atom stereocenters. The minimum atomic E-state index is -1.88. The molecule has 12 nitrogen and oxygen atoms in total. The van der Waals surface area contributed by atoms with Crippen LogP contribution >= 0.6 is 0 Å². The summed E-state index contributed by atoms with van der Waals surface area (Å²) in [5.74, 6) is -2.51. The Kier molecular flexibility index (Phi) is 8.90. The van der Waals surface area contributed by atoms with E-state index in [9.17, 15) is 34.8 Å². The Hall–Kier alpha value is -5.11. The van der Waals surface area contributed by atoms with Crippen molar-refractivity contribution >= 4 is 23.3 Å². The molecular formula is C39H38N2O10. The molecule has 2 aliphatic carbocycles. The fourth-order valence-corrected chi connectivity index (χ4v) is 7.44. The van der Waals surface area contributed by atoms with Crippen LogP contribution in [0.4, 0.5) is 10.5 Å². The standard InChI is InChI=1S/C39H38N2O10/c1-21-39(48,17-22-10-4-2-5-11-22)28(40)16-29(50-21)51-27-19-38(47,20-49-37(46)41-23-12-6-3-7-13-23)18-26-30(27)36(45)32-31(35(26)44)33(42)24-14-8-9-15-25(24)34(32)43/h2-15,21,27-29,44-45,47-48H,16-20,40H2,1H3,(H,41,46)/t21-,27+,28+,29+,38?,39+/m1/s1. The van der Waals surface area contributed by atoms with Crippen LogP contribution in [0.25, 0.3) is 0 Å². The minimum absolute atomic E-state index is 0.0103. The average molecular weight is 695 g/mol. The van der Waals surface area contributed by atoms with Crippen molar-refractivity contribution in [3.8, 4) is 11.5 Å². The highest BCUT2D eigenvalue weighted by Crippen LogP contribution is 2.52. The molecule has 1 aliphatic heterocycles. The number of nitrogens with two attached hydrogens (primary N) is 1. The largest absolute Gasteiger partial charge is 0.507 e. The number of carbonyl (C=O) groups is 3. The Morgan fingerprint density at radius 1 is 0.902 bits per heavy atom. The number of nitrogens with one attached hydrogen (secondary N) is 1. The lowest BCUT2D eigenvalue weighted by atomic mass is 9.73. The van der Waals surface area contributed by atoms with E-state index in [4.69, 9.17) is 19.9 Å². The van der Waals surface area contributed by atoms with Crippen molar-refractivity contribution in [2.45, 2.75) is 68.3 Å². The fourth-order valence-electron chi connectivity index (χ4n) is 7.44. The van der Waals surface area contributed by atoms with Crippen molar-refractivity contribution in [2.75, 3.05) is 11.9 Å². The first-order valence-corrected chi connectivity index (χ1v) is 16.7. The number of para-hydroxylation sites is 1. The second-order valence-corrected chi connectivity index (χ2v) is 13.5. The SMILES string of the molecule is C[C@H]1O[C@@H](O[C@H]2CC(O)(COC(=O)Nc3ccccc3)Cc3c(O)c4c(c(O)c32)C(=O)c2ccccc2C4=O)C[C@H](N)[C@]1(O)Cc1ccccc1. The second-order valence-electron chi connectivity index (χ2n) is 13.5. The molecule has 0 saturated carbocycles. The van der Waals surface area contributed by atoms with Crippen molar-refractivity contribution in [2.24, 2.45) is 5.73 Å². The number of ketones is 2. The lowest BCUT2D eigenvalue weighted by molar-refractivity contribution is -0.273. The number of aliphatic hydroxyl groups is 2. The lowest BCUT2D eigenvalue weighted by Gasteiger charge is -2.47. The van der Waals surface area contributed by atoms with Crippen molar-refractivity contribution in [1.82, 2.24) is 0 Å². The van der Waals surface area contributed by atoms with Crippen LogP contribution in [-0.2, 0) is 27.1 Å². The van der Waals surface area contributed by atoms with Crippen molar-refractivity contribution < 1.29 is 49.0 Å². The van der Waals surface area contributed by atoms with E-state index in [1.165, 1.54) is 12.1 Å². The maximum atomic E-state index is 13.7. The summed E-state index contributed by atoms with van der Waals surface area (Å²) in [5, 5.41) is 49.6. The van der Waals surface area contributed by atoms with Gasteiger partial charge in [-0.05, 0) is 24.6 Å². The van der Waals surface area contributed by atoms with E-state index in [2.05, 4.69) is 5.32 Å². The van der Waals surface area contributed by atoms with Gasteiger partial charge in [0.1, 0.15) is 29.3 Å². The highest BCUT2D eigenvalue weighted by Gasteiger charge is 2.50. The van der Waals surface area contributed by atoms with Gasteiger partial charge in [-0.25, -0.2) is 4.79 Å². The minimum Gasteiger partial charge on any atom is -0.507 e. The molecule has 1 amide bonds. The predicted octanol–water partition coefficient (Wildman–Crippen LogP) is 4.29. The van der Waals surface area contributed by atoms with Crippen molar-refractivity contribution in [3.05, 3.63) is 124 Å². The van der Waals surface area contributed by atoms with Crippen LogP contribution in [0.2, 0.25) is 0 Å². The molecule has 0 bridgehead atoms. The molecular weight excluding hydrogens is 656 g/mol. The summed E-state index contributed by atoms with van der Waals surface area (Å²) in [4.78, 5) is 40.1. The van der Waals surface area contributed by atoms with Gasteiger partial charge in [0.25, 0.3) is 0 Å². The Labute approximate surface area is 293 Å². The van der Waals surface area contributed by atoms with Gasteiger partial charge in [0.05, 0.1) is 23.3 Å². The maximum absolute atomic E-state index is 13.7. The highest BCUT2D eigenvalue weighted by molar-refractivity contribution is 6.30. The zero-order valence-corrected chi connectivity index (χ0v) is 27.7.